The van der Waals surface area contributed by atoms with Crippen LogP contribution < -0.4 is 9.47 Å². The van der Waals surface area contributed by atoms with Crippen molar-refractivity contribution in [3.05, 3.63) is 46.9 Å². The Balaban J connectivity index is 1.43. The number of rotatable bonds is 6. The predicted octanol–water partition coefficient (Wildman–Crippen LogP) is 5.32. The minimum Gasteiger partial charge on any atom is -0.493 e. The van der Waals surface area contributed by atoms with Crippen LogP contribution in [0.3, 0.4) is 0 Å². The maximum Gasteiger partial charge on any atom is 0.246 e. The van der Waals surface area contributed by atoms with E-state index in [-0.39, 0.29) is 5.91 Å². The molecule has 1 aliphatic carbocycles. The van der Waals surface area contributed by atoms with Crippen LogP contribution in [0.1, 0.15) is 61.6 Å². The van der Waals surface area contributed by atoms with Gasteiger partial charge >= 0.3 is 0 Å². The maximum absolute atomic E-state index is 13.0. The summed E-state index contributed by atoms with van der Waals surface area (Å²) in [5, 5.41) is 3.96. The number of hydrogen-bond acceptors (Lipinski definition) is 5. The summed E-state index contributed by atoms with van der Waals surface area (Å²) < 4.78 is 16.7. The van der Waals surface area contributed by atoms with Gasteiger partial charge in [0.2, 0.25) is 5.91 Å². The molecule has 2 heterocycles. The monoisotopic (exact) mass is 438 g/mol. The van der Waals surface area contributed by atoms with Crippen molar-refractivity contribution in [1.29, 1.82) is 0 Å². The highest BCUT2D eigenvalue weighted by Crippen LogP contribution is 2.39. The van der Waals surface area contributed by atoms with Crippen molar-refractivity contribution >= 4 is 12.0 Å². The average Bonchev–Trinajstić information content (AvgIpc) is 3.13. The van der Waals surface area contributed by atoms with E-state index in [0.29, 0.717) is 30.1 Å². The lowest BCUT2D eigenvalue weighted by atomic mass is 9.72. The summed E-state index contributed by atoms with van der Waals surface area (Å²) >= 11 is 0. The number of carbonyl (C=O) groups is 1. The van der Waals surface area contributed by atoms with Crippen LogP contribution in [0.5, 0.6) is 11.5 Å². The minimum atomic E-state index is 0.117. The Labute approximate surface area is 190 Å². The van der Waals surface area contributed by atoms with E-state index in [1.165, 1.54) is 19.3 Å². The molecule has 0 spiro atoms. The molecular formula is C26H34N2O4. The first-order chi connectivity index (χ1) is 15.5. The number of hydrogen-bond donors (Lipinski definition) is 0. The Morgan fingerprint density at radius 3 is 2.78 bits per heavy atom. The van der Waals surface area contributed by atoms with Crippen LogP contribution >= 0.6 is 0 Å². The summed E-state index contributed by atoms with van der Waals surface area (Å²) in [5.41, 5.74) is 2.68. The van der Waals surface area contributed by atoms with Crippen molar-refractivity contribution in [3.63, 3.8) is 0 Å². The molecule has 1 amide bonds. The predicted molar refractivity (Wildman–Crippen MR) is 124 cm³/mol. The van der Waals surface area contributed by atoms with Crippen LogP contribution in [-0.4, -0.2) is 35.7 Å². The lowest BCUT2D eigenvalue weighted by Crippen LogP contribution is -2.51. The highest BCUT2D eigenvalue weighted by atomic mass is 16.5. The number of carbonyl (C=O) groups excluding carboxylic acids is 1. The third-order valence-electron chi connectivity index (χ3n) is 7.18. The first-order valence-corrected chi connectivity index (χ1v) is 11.7. The number of nitrogens with zero attached hydrogens (tertiary/aromatic N) is 2. The van der Waals surface area contributed by atoms with Crippen LogP contribution in [0.15, 0.2) is 28.8 Å². The maximum atomic E-state index is 13.0. The van der Waals surface area contributed by atoms with E-state index in [1.807, 2.05) is 38.1 Å². The zero-order chi connectivity index (χ0) is 22.7. The van der Waals surface area contributed by atoms with Crippen molar-refractivity contribution in [2.45, 2.75) is 65.5 Å². The fourth-order valence-electron chi connectivity index (χ4n) is 5.22. The number of aryl methyl sites for hydroxylation is 2. The molecule has 1 aromatic heterocycles. The molecule has 0 N–H and O–H groups in total. The highest BCUT2D eigenvalue weighted by molar-refractivity contribution is 5.92. The third kappa shape index (κ3) is 4.69. The largest absolute Gasteiger partial charge is 0.493 e. The molecular weight excluding hydrogens is 404 g/mol. The van der Waals surface area contributed by atoms with Crippen molar-refractivity contribution in [2.24, 2.45) is 11.8 Å². The molecule has 0 radical (unpaired) electrons. The number of aromatic nitrogens is 1. The van der Waals surface area contributed by atoms with Gasteiger partial charge in [0.1, 0.15) is 12.4 Å². The van der Waals surface area contributed by atoms with Gasteiger partial charge in [0.25, 0.3) is 0 Å². The summed E-state index contributed by atoms with van der Waals surface area (Å²) in [6.07, 6.45) is 9.61. The van der Waals surface area contributed by atoms with Crippen LogP contribution in [-0.2, 0) is 11.4 Å². The topological polar surface area (TPSA) is 64.8 Å². The standard InChI is InChI=1S/C26H34N2O4/c1-17-13-14-28(23-8-6-5-7-21(17)23)26(29)12-10-20-9-11-24(25(15-20)30-4)31-16-22-18(2)27-32-19(22)3/h9-12,15,17,21,23H,5-8,13-14,16H2,1-4H3/b12-10+/t17-,21-,23+/m0/s1. The van der Waals surface area contributed by atoms with Gasteiger partial charge in [0, 0.05) is 18.7 Å². The summed E-state index contributed by atoms with van der Waals surface area (Å²) in [7, 11) is 1.62. The number of methoxy groups -OCH3 is 1. The first-order valence-electron chi connectivity index (χ1n) is 11.7. The van der Waals surface area contributed by atoms with E-state index in [2.05, 4.69) is 17.0 Å². The molecule has 1 saturated carbocycles. The summed E-state index contributed by atoms with van der Waals surface area (Å²) in [6, 6.07) is 6.12. The van der Waals surface area contributed by atoms with Crippen LogP contribution in [0.2, 0.25) is 0 Å². The minimum absolute atomic E-state index is 0.117. The smallest absolute Gasteiger partial charge is 0.246 e. The molecule has 6 heteroatoms. The number of fused-ring (bicyclic) bond motifs is 1. The van der Waals surface area contributed by atoms with E-state index in [9.17, 15) is 4.79 Å². The van der Waals surface area contributed by atoms with E-state index in [4.69, 9.17) is 14.0 Å². The summed E-state index contributed by atoms with van der Waals surface area (Å²) in [6.45, 7) is 7.35. The van der Waals surface area contributed by atoms with Gasteiger partial charge in [0.15, 0.2) is 11.5 Å². The third-order valence-corrected chi connectivity index (χ3v) is 7.18. The van der Waals surface area contributed by atoms with Gasteiger partial charge in [-0.05, 0) is 68.7 Å². The number of amides is 1. The fraction of sp³-hybridized carbons (Fsp3) is 0.538. The lowest BCUT2D eigenvalue weighted by Gasteiger charge is -2.47. The molecule has 2 aliphatic rings. The fourth-order valence-corrected chi connectivity index (χ4v) is 5.22. The van der Waals surface area contributed by atoms with Crippen molar-refractivity contribution in [1.82, 2.24) is 10.1 Å². The van der Waals surface area contributed by atoms with E-state index in [1.54, 1.807) is 13.2 Å². The SMILES string of the molecule is COc1cc(/C=C/C(=O)N2CC[C@H](C)[C@@H]3CCCC[C@H]32)ccc1OCc1c(C)noc1C. The Kier molecular flexibility index (Phi) is 6.87. The molecule has 172 valence electrons. The molecule has 32 heavy (non-hydrogen) atoms. The van der Waals surface area contributed by atoms with Gasteiger partial charge in [-0.2, -0.15) is 0 Å². The normalized spacial score (nSPS) is 23.2. The van der Waals surface area contributed by atoms with Crippen LogP contribution in [0.25, 0.3) is 6.08 Å². The van der Waals surface area contributed by atoms with Crippen molar-refractivity contribution in [2.75, 3.05) is 13.7 Å². The van der Waals surface area contributed by atoms with Crippen LogP contribution in [0, 0.1) is 25.7 Å². The molecule has 2 fully saturated rings. The summed E-state index contributed by atoms with van der Waals surface area (Å²) in [4.78, 5) is 15.1. The molecule has 0 unspecified atom stereocenters. The van der Waals surface area contributed by atoms with E-state index < -0.39 is 0 Å². The van der Waals surface area contributed by atoms with E-state index in [0.717, 1.165) is 47.9 Å². The van der Waals surface area contributed by atoms with Crippen molar-refractivity contribution in [3.8, 4) is 11.5 Å². The second kappa shape index (κ2) is 9.80. The highest BCUT2D eigenvalue weighted by Gasteiger charge is 2.38. The first kappa shape index (κ1) is 22.4. The Hall–Kier alpha value is -2.76. The van der Waals surface area contributed by atoms with Gasteiger partial charge in [-0.15, -0.1) is 0 Å². The quantitative estimate of drug-likeness (QED) is 0.571. The summed E-state index contributed by atoms with van der Waals surface area (Å²) in [5.74, 6) is 3.52. The number of piperidine rings is 1. The zero-order valence-corrected chi connectivity index (χ0v) is 19.6. The second-order valence-electron chi connectivity index (χ2n) is 9.15. The molecule has 3 atom stereocenters. The van der Waals surface area contributed by atoms with Gasteiger partial charge < -0.3 is 18.9 Å². The Morgan fingerprint density at radius 1 is 1.22 bits per heavy atom. The van der Waals surface area contributed by atoms with Gasteiger partial charge in [-0.3, -0.25) is 4.79 Å². The number of ether oxygens (including phenoxy) is 2. The zero-order valence-electron chi connectivity index (χ0n) is 19.6. The molecule has 2 aromatic rings. The molecule has 0 bridgehead atoms. The average molecular weight is 439 g/mol. The molecule has 4 rings (SSSR count). The second-order valence-corrected chi connectivity index (χ2v) is 9.15. The van der Waals surface area contributed by atoms with Gasteiger partial charge in [0.05, 0.1) is 18.4 Å². The molecule has 1 aromatic carbocycles. The van der Waals surface area contributed by atoms with Crippen molar-refractivity contribution < 1.29 is 18.8 Å². The van der Waals surface area contributed by atoms with Crippen LogP contribution in [0.4, 0.5) is 0 Å². The lowest BCUT2D eigenvalue weighted by molar-refractivity contribution is -0.133. The number of likely N-dealkylation sites (tertiary alicyclic amines) is 1. The van der Waals surface area contributed by atoms with Gasteiger partial charge in [-0.25, -0.2) is 0 Å². The molecule has 6 nitrogen and oxygen atoms in total. The van der Waals surface area contributed by atoms with Gasteiger partial charge in [-0.1, -0.05) is 31.0 Å². The molecule has 1 aliphatic heterocycles. The molecule has 1 saturated heterocycles. The number of benzene rings is 1. The Morgan fingerprint density at radius 2 is 2.03 bits per heavy atom. The Bertz CT molecular complexity index is 961. The van der Waals surface area contributed by atoms with E-state index >= 15 is 0 Å².